The molecule has 1 aromatic rings. The van der Waals surface area contributed by atoms with Gasteiger partial charge >= 0.3 is 0 Å². The van der Waals surface area contributed by atoms with Gasteiger partial charge in [0.1, 0.15) is 11.5 Å². The Morgan fingerprint density at radius 3 is 2.78 bits per heavy atom. The van der Waals surface area contributed by atoms with Crippen LogP contribution in [0, 0.1) is 0 Å². The molecule has 0 amide bonds. The Bertz CT molecular complexity index is 501. The summed E-state index contributed by atoms with van der Waals surface area (Å²) in [5.41, 5.74) is 0. The highest BCUT2D eigenvalue weighted by atomic mass is 35.7. The third-order valence-corrected chi connectivity index (χ3v) is 4.18. The lowest BCUT2D eigenvalue weighted by Gasteiger charge is -2.15. The normalized spacial score (nSPS) is 16.9. The number of rotatable bonds is 5. The molecular formula is C11H15ClN2O3S. The van der Waals surface area contributed by atoms with E-state index in [0.717, 1.165) is 19.6 Å². The molecule has 5 nitrogen and oxygen atoms in total. The van der Waals surface area contributed by atoms with Gasteiger partial charge in [-0.3, -0.25) is 4.90 Å². The third-order valence-electron chi connectivity index (χ3n) is 2.84. The maximum atomic E-state index is 11.3. The second kappa shape index (κ2) is 5.86. The van der Waals surface area contributed by atoms with Gasteiger partial charge in [-0.1, -0.05) is 0 Å². The summed E-state index contributed by atoms with van der Waals surface area (Å²) < 4.78 is 28.0. The van der Waals surface area contributed by atoms with Gasteiger partial charge in [0.2, 0.25) is 5.88 Å². The third kappa shape index (κ3) is 3.57. The summed E-state index contributed by atoms with van der Waals surface area (Å²) in [6, 6.07) is 2.91. The predicted molar refractivity (Wildman–Crippen MR) is 68.4 cm³/mol. The van der Waals surface area contributed by atoms with Gasteiger partial charge in [-0.15, -0.1) is 0 Å². The predicted octanol–water partition coefficient (Wildman–Crippen LogP) is 1.48. The molecule has 0 bridgehead atoms. The summed E-state index contributed by atoms with van der Waals surface area (Å²) in [6.07, 6.45) is 3.91. The van der Waals surface area contributed by atoms with Crippen molar-refractivity contribution in [3.05, 3.63) is 18.3 Å². The fraction of sp³-hybridized carbons (Fsp3) is 0.545. The summed E-state index contributed by atoms with van der Waals surface area (Å²) in [6.45, 7) is 3.34. The second-order valence-electron chi connectivity index (χ2n) is 4.14. The van der Waals surface area contributed by atoms with Crippen LogP contribution in [0.2, 0.25) is 0 Å². The number of aromatic nitrogens is 1. The molecule has 0 aromatic carbocycles. The number of hydrogen-bond acceptors (Lipinski definition) is 5. The quantitative estimate of drug-likeness (QED) is 0.769. The fourth-order valence-corrected chi connectivity index (χ4v) is 2.86. The molecule has 1 aromatic heterocycles. The summed E-state index contributed by atoms with van der Waals surface area (Å²) in [5, 5.41) is 0. The van der Waals surface area contributed by atoms with Gasteiger partial charge in [-0.2, -0.15) is 0 Å². The van der Waals surface area contributed by atoms with E-state index in [-0.39, 0.29) is 10.8 Å². The minimum absolute atomic E-state index is 0.0756. The Balaban J connectivity index is 1.96. The lowest BCUT2D eigenvalue weighted by atomic mass is 10.4. The lowest BCUT2D eigenvalue weighted by Crippen LogP contribution is -2.25. The van der Waals surface area contributed by atoms with Gasteiger partial charge in [0.05, 0.1) is 0 Å². The van der Waals surface area contributed by atoms with Gasteiger partial charge in [-0.25, -0.2) is 13.4 Å². The summed E-state index contributed by atoms with van der Waals surface area (Å²) >= 11 is 0. The first-order chi connectivity index (χ1) is 8.57. The topological polar surface area (TPSA) is 59.5 Å². The van der Waals surface area contributed by atoms with Crippen molar-refractivity contribution in [1.82, 2.24) is 9.88 Å². The van der Waals surface area contributed by atoms with Gasteiger partial charge in [0, 0.05) is 23.4 Å². The molecule has 2 rings (SSSR count). The highest BCUT2D eigenvalue weighted by molar-refractivity contribution is 8.13. The molecule has 0 radical (unpaired) electrons. The minimum atomic E-state index is -3.81. The molecule has 2 heterocycles. The first-order valence-corrected chi connectivity index (χ1v) is 8.13. The molecule has 18 heavy (non-hydrogen) atoms. The Morgan fingerprint density at radius 2 is 2.11 bits per heavy atom. The monoisotopic (exact) mass is 290 g/mol. The average molecular weight is 291 g/mol. The fourth-order valence-electron chi connectivity index (χ4n) is 1.95. The summed E-state index contributed by atoms with van der Waals surface area (Å²) in [4.78, 5) is 6.10. The van der Waals surface area contributed by atoms with Gasteiger partial charge in [0.25, 0.3) is 9.05 Å². The van der Waals surface area contributed by atoms with Crippen LogP contribution in [-0.2, 0) is 9.05 Å². The zero-order chi connectivity index (χ0) is 13.0. The van der Waals surface area contributed by atoms with Gasteiger partial charge < -0.3 is 4.74 Å². The van der Waals surface area contributed by atoms with Crippen LogP contribution < -0.4 is 4.74 Å². The summed E-state index contributed by atoms with van der Waals surface area (Å²) in [7, 11) is 1.50. The van der Waals surface area contributed by atoms with Crippen LogP contribution in [0.25, 0.3) is 0 Å². The van der Waals surface area contributed by atoms with Crippen LogP contribution >= 0.6 is 10.7 Å². The number of halogens is 1. The summed E-state index contributed by atoms with van der Waals surface area (Å²) in [5.74, 6) is 0.0756. The van der Waals surface area contributed by atoms with Crippen molar-refractivity contribution >= 4 is 19.7 Å². The van der Waals surface area contributed by atoms with E-state index in [2.05, 4.69) is 9.88 Å². The number of hydrogen-bond donors (Lipinski definition) is 0. The Morgan fingerprint density at radius 1 is 1.39 bits per heavy atom. The SMILES string of the molecule is O=S(=O)(Cl)c1cccnc1OCCN1CCCC1. The first-order valence-electron chi connectivity index (χ1n) is 5.82. The maximum absolute atomic E-state index is 11.3. The van der Waals surface area contributed by atoms with E-state index in [0.29, 0.717) is 6.61 Å². The maximum Gasteiger partial charge on any atom is 0.266 e. The molecule has 1 fully saturated rings. The van der Waals surface area contributed by atoms with Crippen molar-refractivity contribution < 1.29 is 13.2 Å². The van der Waals surface area contributed by atoms with E-state index < -0.39 is 9.05 Å². The molecule has 0 saturated carbocycles. The largest absolute Gasteiger partial charge is 0.475 e. The Hall–Kier alpha value is -0.850. The number of likely N-dealkylation sites (tertiary alicyclic amines) is 1. The molecule has 7 heteroatoms. The molecule has 100 valence electrons. The van der Waals surface area contributed by atoms with Crippen molar-refractivity contribution in [2.45, 2.75) is 17.7 Å². The standard InChI is InChI=1S/C11H15ClN2O3S/c12-18(15,16)10-4-3-5-13-11(10)17-9-8-14-6-1-2-7-14/h3-5H,1-2,6-9H2. The molecule has 0 unspecified atom stereocenters. The lowest BCUT2D eigenvalue weighted by molar-refractivity contribution is 0.228. The number of nitrogens with zero attached hydrogens (tertiary/aromatic N) is 2. The Kier molecular flexibility index (Phi) is 4.42. The molecule has 1 aliphatic heterocycles. The van der Waals surface area contributed by atoms with E-state index in [1.807, 2.05) is 0 Å². The molecule has 0 atom stereocenters. The van der Waals surface area contributed by atoms with Crippen molar-refractivity contribution in [3.63, 3.8) is 0 Å². The first kappa shape index (κ1) is 13.6. The van der Waals surface area contributed by atoms with E-state index >= 15 is 0 Å². The van der Waals surface area contributed by atoms with Gasteiger partial charge in [0.15, 0.2) is 0 Å². The van der Waals surface area contributed by atoms with Crippen molar-refractivity contribution in [2.75, 3.05) is 26.2 Å². The molecule has 0 N–H and O–H groups in total. The van der Waals surface area contributed by atoms with E-state index in [9.17, 15) is 8.42 Å². The zero-order valence-electron chi connectivity index (χ0n) is 9.88. The Labute approximate surface area is 111 Å². The van der Waals surface area contributed by atoms with Crippen LogP contribution in [-0.4, -0.2) is 44.5 Å². The van der Waals surface area contributed by atoms with Crippen molar-refractivity contribution in [2.24, 2.45) is 0 Å². The van der Waals surface area contributed by atoms with Crippen LogP contribution in [0.1, 0.15) is 12.8 Å². The van der Waals surface area contributed by atoms with Crippen LogP contribution in [0.5, 0.6) is 5.88 Å². The van der Waals surface area contributed by atoms with E-state index in [1.54, 1.807) is 0 Å². The van der Waals surface area contributed by atoms with Crippen LogP contribution in [0.4, 0.5) is 0 Å². The second-order valence-corrected chi connectivity index (χ2v) is 6.68. The van der Waals surface area contributed by atoms with E-state index in [1.165, 1.54) is 31.2 Å². The number of ether oxygens (including phenoxy) is 1. The van der Waals surface area contributed by atoms with Crippen LogP contribution in [0.15, 0.2) is 23.2 Å². The van der Waals surface area contributed by atoms with Crippen LogP contribution in [0.3, 0.4) is 0 Å². The van der Waals surface area contributed by atoms with Crippen molar-refractivity contribution in [3.8, 4) is 5.88 Å². The highest BCUT2D eigenvalue weighted by Crippen LogP contribution is 2.23. The molecule has 1 saturated heterocycles. The van der Waals surface area contributed by atoms with Gasteiger partial charge in [-0.05, 0) is 38.1 Å². The zero-order valence-corrected chi connectivity index (χ0v) is 11.5. The molecule has 1 aliphatic rings. The minimum Gasteiger partial charge on any atom is -0.475 e. The molecule has 0 spiro atoms. The molecular weight excluding hydrogens is 276 g/mol. The smallest absolute Gasteiger partial charge is 0.266 e. The van der Waals surface area contributed by atoms with Crippen molar-refractivity contribution in [1.29, 1.82) is 0 Å². The highest BCUT2D eigenvalue weighted by Gasteiger charge is 2.18. The van der Waals surface area contributed by atoms with E-state index in [4.69, 9.17) is 15.4 Å². The average Bonchev–Trinajstić information content (AvgIpc) is 2.81. The number of pyridine rings is 1. The molecule has 0 aliphatic carbocycles.